The molecule has 2 N–H and O–H groups in total. The van der Waals surface area contributed by atoms with E-state index in [1.165, 1.54) is 24.3 Å². The molecule has 0 unspecified atom stereocenters. The van der Waals surface area contributed by atoms with Crippen LogP contribution in [0, 0.1) is 13.8 Å². The number of carbonyl (C=O) groups is 1. The van der Waals surface area contributed by atoms with Gasteiger partial charge in [-0.25, -0.2) is 8.42 Å². The van der Waals surface area contributed by atoms with Gasteiger partial charge in [0.2, 0.25) is 0 Å². The number of hydrogen-bond donors (Lipinski definition) is 2. The topological polar surface area (TPSA) is 93.1 Å². The third-order valence-corrected chi connectivity index (χ3v) is 6.98. The zero-order valence-corrected chi connectivity index (χ0v) is 19.8. The molecule has 8 heteroatoms. The van der Waals surface area contributed by atoms with E-state index in [2.05, 4.69) is 27.3 Å². The molecule has 1 aromatic heterocycles. The molecule has 4 aromatic rings. The smallest absolute Gasteiger partial charge is 0.261 e. The minimum atomic E-state index is -3.74. The van der Waals surface area contributed by atoms with Gasteiger partial charge in [0.05, 0.1) is 17.1 Å². The molecule has 1 heterocycles. The zero-order chi connectivity index (χ0) is 24.1. The van der Waals surface area contributed by atoms with Crippen molar-refractivity contribution in [3.8, 4) is 0 Å². The normalized spacial score (nSPS) is 11.2. The molecule has 0 saturated heterocycles. The Balaban J connectivity index is 1.41. The Kier molecular flexibility index (Phi) is 6.79. The maximum atomic E-state index is 12.7. The van der Waals surface area contributed by atoms with Gasteiger partial charge in [-0.3, -0.25) is 14.2 Å². The van der Waals surface area contributed by atoms with Crippen molar-refractivity contribution in [2.24, 2.45) is 0 Å². The highest BCUT2D eigenvalue weighted by atomic mass is 32.2. The molecule has 0 radical (unpaired) electrons. The molecule has 0 spiro atoms. The third kappa shape index (κ3) is 5.35. The molecule has 0 fully saturated rings. The summed E-state index contributed by atoms with van der Waals surface area (Å²) in [6.07, 6.45) is 0. The summed E-state index contributed by atoms with van der Waals surface area (Å²) in [7, 11) is -3.74. The number of sulfonamides is 1. The molecular formula is C26H26N4O3S. The van der Waals surface area contributed by atoms with Crippen molar-refractivity contribution in [1.29, 1.82) is 0 Å². The van der Waals surface area contributed by atoms with Crippen LogP contribution in [0.1, 0.15) is 32.9 Å². The lowest BCUT2D eigenvalue weighted by Gasteiger charge is -2.10. The van der Waals surface area contributed by atoms with Crippen molar-refractivity contribution >= 4 is 21.6 Å². The molecule has 34 heavy (non-hydrogen) atoms. The summed E-state index contributed by atoms with van der Waals surface area (Å²) in [6.45, 7) is 4.91. The van der Waals surface area contributed by atoms with E-state index in [4.69, 9.17) is 0 Å². The highest BCUT2D eigenvalue weighted by Gasteiger charge is 2.16. The Hall–Kier alpha value is -3.91. The van der Waals surface area contributed by atoms with Crippen LogP contribution < -0.4 is 10.0 Å². The molecule has 7 nitrogen and oxygen atoms in total. The summed E-state index contributed by atoms with van der Waals surface area (Å²) in [4.78, 5) is 12.8. The van der Waals surface area contributed by atoms with Gasteiger partial charge in [0.25, 0.3) is 15.9 Å². The van der Waals surface area contributed by atoms with E-state index < -0.39 is 10.0 Å². The summed E-state index contributed by atoms with van der Waals surface area (Å²) in [5.41, 5.74) is 4.83. The summed E-state index contributed by atoms with van der Waals surface area (Å²) >= 11 is 0. The molecule has 0 atom stereocenters. The van der Waals surface area contributed by atoms with E-state index in [9.17, 15) is 13.2 Å². The first-order valence-corrected chi connectivity index (χ1v) is 12.3. The first kappa shape index (κ1) is 23.3. The minimum absolute atomic E-state index is 0.0850. The number of nitrogens with zero attached hydrogens (tertiary/aromatic N) is 2. The number of benzene rings is 3. The summed E-state index contributed by atoms with van der Waals surface area (Å²) < 4.78 is 29.6. The Labute approximate surface area is 199 Å². The van der Waals surface area contributed by atoms with Gasteiger partial charge < -0.3 is 5.32 Å². The molecule has 0 aliphatic carbocycles. The highest BCUT2D eigenvalue weighted by Crippen LogP contribution is 2.18. The number of hydrogen-bond acceptors (Lipinski definition) is 4. The largest absolute Gasteiger partial charge is 0.348 e. The summed E-state index contributed by atoms with van der Waals surface area (Å²) in [5.74, 6) is -0.283. The van der Waals surface area contributed by atoms with Crippen LogP contribution in [0.3, 0.4) is 0 Å². The lowest BCUT2D eigenvalue weighted by Crippen LogP contribution is -2.23. The van der Waals surface area contributed by atoms with Gasteiger partial charge in [0, 0.05) is 29.1 Å². The van der Waals surface area contributed by atoms with Crippen molar-refractivity contribution in [2.45, 2.75) is 31.8 Å². The fraction of sp³-hybridized carbons (Fsp3) is 0.154. The van der Waals surface area contributed by atoms with E-state index in [0.29, 0.717) is 24.3 Å². The highest BCUT2D eigenvalue weighted by molar-refractivity contribution is 7.92. The number of aromatic nitrogens is 2. The Morgan fingerprint density at radius 2 is 1.50 bits per heavy atom. The lowest BCUT2D eigenvalue weighted by atomic mass is 10.1. The van der Waals surface area contributed by atoms with E-state index in [1.54, 1.807) is 24.3 Å². The standard InChI is InChI=1S/C26H26N4O3S/c1-19-25(20(2)30(28-19)18-21-9-5-3-6-10-21)17-27-26(31)22-13-15-24(16-14-22)34(32,33)29-23-11-7-4-8-12-23/h3-16,29H,17-18H2,1-2H3,(H,27,31). The van der Waals surface area contributed by atoms with Crippen molar-refractivity contribution in [3.05, 3.63) is 113 Å². The lowest BCUT2D eigenvalue weighted by molar-refractivity contribution is 0.0950. The monoisotopic (exact) mass is 474 g/mol. The molecule has 0 aliphatic heterocycles. The van der Waals surface area contributed by atoms with Crippen LogP contribution in [0.25, 0.3) is 0 Å². The molecule has 0 bridgehead atoms. The maximum absolute atomic E-state index is 12.7. The van der Waals surface area contributed by atoms with Gasteiger partial charge in [-0.2, -0.15) is 5.10 Å². The number of rotatable bonds is 8. The third-order valence-electron chi connectivity index (χ3n) is 5.59. The SMILES string of the molecule is Cc1nn(Cc2ccccc2)c(C)c1CNC(=O)c1ccc(S(=O)(=O)Nc2ccccc2)cc1. The molecular weight excluding hydrogens is 448 g/mol. The number of para-hydroxylation sites is 1. The summed E-state index contributed by atoms with van der Waals surface area (Å²) in [6, 6.07) is 24.6. The molecule has 3 aromatic carbocycles. The Bertz CT molecular complexity index is 1380. The van der Waals surface area contributed by atoms with E-state index >= 15 is 0 Å². The number of amides is 1. The molecule has 4 rings (SSSR count). The van der Waals surface area contributed by atoms with Gasteiger partial charge in [0.1, 0.15) is 0 Å². The van der Waals surface area contributed by atoms with Crippen molar-refractivity contribution in [1.82, 2.24) is 15.1 Å². The number of anilines is 1. The molecule has 0 saturated carbocycles. The number of aryl methyl sites for hydroxylation is 1. The van der Waals surface area contributed by atoms with Crippen molar-refractivity contribution < 1.29 is 13.2 Å². The van der Waals surface area contributed by atoms with Gasteiger partial charge >= 0.3 is 0 Å². The molecule has 174 valence electrons. The average molecular weight is 475 g/mol. The number of carbonyl (C=O) groups excluding carboxylic acids is 1. The average Bonchev–Trinajstić information content (AvgIpc) is 3.10. The van der Waals surface area contributed by atoms with E-state index in [-0.39, 0.29) is 10.8 Å². The second-order valence-corrected chi connectivity index (χ2v) is 9.65. The second-order valence-electron chi connectivity index (χ2n) is 7.97. The first-order chi connectivity index (χ1) is 16.3. The molecule has 1 amide bonds. The van der Waals surface area contributed by atoms with Crippen LogP contribution in [-0.4, -0.2) is 24.1 Å². The van der Waals surface area contributed by atoms with Gasteiger partial charge in [-0.15, -0.1) is 0 Å². The van der Waals surface area contributed by atoms with Crippen LogP contribution in [0.15, 0.2) is 89.8 Å². The maximum Gasteiger partial charge on any atom is 0.261 e. The Morgan fingerprint density at radius 3 is 2.15 bits per heavy atom. The quantitative estimate of drug-likeness (QED) is 0.399. The van der Waals surface area contributed by atoms with Crippen LogP contribution in [0.5, 0.6) is 0 Å². The minimum Gasteiger partial charge on any atom is -0.348 e. The Morgan fingerprint density at radius 1 is 0.882 bits per heavy atom. The summed E-state index contributed by atoms with van der Waals surface area (Å²) in [5, 5.41) is 7.54. The fourth-order valence-electron chi connectivity index (χ4n) is 3.68. The van der Waals surface area contributed by atoms with Crippen molar-refractivity contribution in [2.75, 3.05) is 4.72 Å². The molecule has 0 aliphatic rings. The van der Waals surface area contributed by atoms with Gasteiger partial charge in [0.15, 0.2) is 0 Å². The van der Waals surface area contributed by atoms with Crippen molar-refractivity contribution in [3.63, 3.8) is 0 Å². The van der Waals surface area contributed by atoms with Crippen LogP contribution in [-0.2, 0) is 23.1 Å². The van der Waals surface area contributed by atoms with E-state index in [1.807, 2.05) is 42.8 Å². The van der Waals surface area contributed by atoms with Gasteiger partial charge in [-0.05, 0) is 55.8 Å². The fourth-order valence-corrected chi connectivity index (χ4v) is 4.74. The van der Waals surface area contributed by atoms with Crippen LogP contribution in [0.2, 0.25) is 0 Å². The predicted octanol–water partition coefficient (Wildman–Crippen LogP) is 4.28. The van der Waals surface area contributed by atoms with Crippen LogP contribution in [0.4, 0.5) is 5.69 Å². The zero-order valence-electron chi connectivity index (χ0n) is 19.0. The van der Waals surface area contributed by atoms with Crippen LogP contribution >= 0.6 is 0 Å². The van der Waals surface area contributed by atoms with Gasteiger partial charge in [-0.1, -0.05) is 48.5 Å². The van der Waals surface area contributed by atoms with E-state index in [0.717, 1.165) is 22.5 Å². The predicted molar refractivity (Wildman–Crippen MR) is 132 cm³/mol. The first-order valence-electron chi connectivity index (χ1n) is 10.9. The second kappa shape index (κ2) is 9.93. The number of nitrogens with one attached hydrogen (secondary N) is 2.